The van der Waals surface area contributed by atoms with Crippen molar-refractivity contribution >= 4 is 0 Å². The third-order valence-corrected chi connectivity index (χ3v) is 1.73. The fourth-order valence-electron chi connectivity index (χ4n) is 1.04. The van der Waals surface area contributed by atoms with Crippen LogP contribution >= 0.6 is 0 Å². The first kappa shape index (κ1) is 14.5. The van der Waals surface area contributed by atoms with Crippen molar-refractivity contribution in [2.24, 2.45) is 0 Å². The molecule has 0 aromatic heterocycles. The molecule has 0 saturated carbocycles. The molecule has 0 aliphatic heterocycles. The predicted molar refractivity (Wildman–Crippen MR) is 46.2 cm³/mol. The monoisotopic (exact) mass is 168 g/mol. The SMILES string of the molecule is CCCCCCCC(C)O.[H-].[Na+]. The molecular formula is C9H21NaO. The standard InChI is InChI=1S/C9H20O.Na.H/c1-3-4-5-6-7-8-9(2)10;;/h9-10H,3-8H2,1-2H3;;/q;+1;-1. The number of rotatable bonds is 6. The van der Waals surface area contributed by atoms with Crippen LogP contribution in [-0.2, 0) is 0 Å². The fourth-order valence-corrected chi connectivity index (χ4v) is 1.04. The van der Waals surface area contributed by atoms with Crippen LogP contribution in [0.2, 0.25) is 0 Å². The summed E-state index contributed by atoms with van der Waals surface area (Å²) in [6.07, 6.45) is 7.35. The molecule has 0 spiro atoms. The Morgan fingerprint density at radius 2 is 1.73 bits per heavy atom. The van der Waals surface area contributed by atoms with Gasteiger partial charge in [-0.2, -0.15) is 0 Å². The molecule has 11 heavy (non-hydrogen) atoms. The largest absolute Gasteiger partial charge is 1.00 e. The summed E-state index contributed by atoms with van der Waals surface area (Å²) in [6, 6.07) is 0. The van der Waals surface area contributed by atoms with Gasteiger partial charge in [0.25, 0.3) is 0 Å². The summed E-state index contributed by atoms with van der Waals surface area (Å²) in [6.45, 7) is 4.08. The third-order valence-electron chi connectivity index (χ3n) is 1.73. The average Bonchev–Trinajstić information content (AvgIpc) is 1.87. The molecule has 0 radical (unpaired) electrons. The number of hydrogen-bond donors (Lipinski definition) is 1. The molecule has 0 aromatic rings. The summed E-state index contributed by atoms with van der Waals surface area (Å²) in [5.74, 6) is 0. The molecule has 0 fully saturated rings. The van der Waals surface area contributed by atoms with Crippen LogP contribution in [-0.4, -0.2) is 11.2 Å². The van der Waals surface area contributed by atoms with E-state index in [0.29, 0.717) is 0 Å². The van der Waals surface area contributed by atoms with Crippen LogP contribution in [0.1, 0.15) is 53.8 Å². The Morgan fingerprint density at radius 3 is 2.18 bits per heavy atom. The summed E-state index contributed by atoms with van der Waals surface area (Å²) < 4.78 is 0. The normalized spacial score (nSPS) is 12.3. The zero-order valence-electron chi connectivity index (χ0n) is 9.27. The molecule has 1 unspecified atom stereocenters. The van der Waals surface area contributed by atoms with Crippen molar-refractivity contribution in [2.45, 2.75) is 58.5 Å². The molecular weight excluding hydrogens is 147 g/mol. The van der Waals surface area contributed by atoms with E-state index in [1.807, 2.05) is 6.92 Å². The number of aliphatic hydroxyl groups excluding tert-OH is 1. The van der Waals surface area contributed by atoms with Gasteiger partial charge in [-0.05, 0) is 13.3 Å². The van der Waals surface area contributed by atoms with Crippen molar-refractivity contribution in [1.82, 2.24) is 0 Å². The van der Waals surface area contributed by atoms with Gasteiger partial charge in [-0.1, -0.05) is 39.0 Å². The van der Waals surface area contributed by atoms with Gasteiger partial charge in [0.15, 0.2) is 0 Å². The second kappa shape index (κ2) is 11.0. The molecule has 1 atom stereocenters. The molecule has 1 N–H and O–H groups in total. The quantitative estimate of drug-likeness (QED) is 0.432. The molecule has 0 aliphatic carbocycles. The molecule has 0 bridgehead atoms. The molecule has 1 nitrogen and oxygen atoms in total. The van der Waals surface area contributed by atoms with E-state index in [9.17, 15) is 0 Å². The Hall–Kier alpha value is 0.960. The van der Waals surface area contributed by atoms with Crippen molar-refractivity contribution in [1.29, 1.82) is 0 Å². The van der Waals surface area contributed by atoms with Crippen molar-refractivity contribution < 1.29 is 36.1 Å². The van der Waals surface area contributed by atoms with E-state index in [0.717, 1.165) is 6.42 Å². The molecule has 0 saturated heterocycles. The van der Waals surface area contributed by atoms with Gasteiger partial charge in [0.05, 0.1) is 6.10 Å². The van der Waals surface area contributed by atoms with Crippen LogP contribution in [0.4, 0.5) is 0 Å². The first-order valence-corrected chi connectivity index (χ1v) is 4.45. The third kappa shape index (κ3) is 13.9. The summed E-state index contributed by atoms with van der Waals surface area (Å²) in [7, 11) is 0. The maximum Gasteiger partial charge on any atom is 1.00 e. The molecule has 0 aromatic carbocycles. The van der Waals surface area contributed by atoms with Gasteiger partial charge in [0.1, 0.15) is 0 Å². The van der Waals surface area contributed by atoms with Gasteiger partial charge < -0.3 is 6.53 Å². The Bertz CT molecular complexity index is 69.5. The molecule has 2 heteroatoms. The first-order chi connectivity index (χ1) is 4.77. The van der Waals surface area contributed by atoms with Crippen LogP contribution in [0, 0.1) is 0 Å². The maximum atomic E-state index is 8.91. The zero-order valence-corrected chi connectivity index (χ0v) is 10.3. The predicted octanol–water partition coefficient (Wildman–Crippen LogP) is -0.156. The minimum atomic E-state index is -0.0957. The number of aliphatic hydroxyl groups is 1. The van der Waals surface area contributed by atoms with Gasteiger partial charge >= 0.3 is 29.6 Å². The molecule has 0 amide bonds. The van der Waals surface area contributed by atoms with Crippen LogP contribution in [0.25, 0.3) is 0 Å². The smallest absolute Gasteiger partial charge is 1.00 e. The van der Waals surface area contributed by atoms with Gasteiger partial charge in [0.2, 0.25) is 0 Å². The minimum Gasteiger partial charge on any atom is -1.00 e. The van der Waals surface area contributed by atoms with E-state index in [4.69, 9.17) is 5.11 Å². The zero-order chi connectivity index (χ0) is 7.82. The van der Waals surface area contributed by atoms with Crippen molar-refractivity contribution in [3.63, 3.8) is 0 Å². The van der Waals surface area contributed by atoms with Gasteiger partial charge in [-0.25, -0.2) is 0 Å². The minimum absolute atomic E-state index is 0. The van der Waals surface area contributed by atoms with Crippen molar-refractivity contribution in [2.75, 3.05) is 0 Å². The number of hydrogen-bond acceptors (Lipinski definition) is 1. The summed E-state index contributed by atoms with van der Waals surface area (Å²) in [5, 5.41) is 8.91. The Kier molecular flexibility index (Phi) is 14.4. The maximum absolute atomic E-state index is 8.91. The Labute approximate surface area is 94.4 Å². The van der Waals surface area contributed by atoms with E-state index < -0.39 is 0 Å². The van der Waals surface area contributed by atoms with Gasteiger partial charge in [-0.3, -0.25) is 0 Å². The van der Waals surface area contributed by atoms with E-state index in [-0.39, 0.29) is 37.1 Å². The van der Waals surface area contributed by atoms with Crippen molar-refractivity contribution in [3.05, 3.63) is 0 Å². The Morgan fingerprint density at radius 1 is 1.18 bits per heavy atom. The van der Waals surface area contributed by atoms with Crippen LogP contribution in [0.15, 0.2) is 0 Å². The molecule has 0 rings (SSSR count). The topological polar surface area (TPSA) is 20.2 Å². The van der Waals surface area contributed by atoms with Crippen LogP contribution < -0.4 is 29.6 Å². The molecule has 0 heterocycles. The first-order valence-electron chi connectivity index (χ1n) is 4.45. The van der Waals surface area contributed by atoms with Gasteiger partial charge in [0, 0.05) is 0 Å². The number of unbranched alkanes of at least 4 members (excludes halogenated alkanes) is 4. The fraction of sp³-hybridized carbons (Fsp3) is 1.00. The van der Waals surface area contributed by atoms with Crippen LogP contribution in [0.5, 0.6) is 0 Å². The van der Waals surface area contributed by atoms with E-state index >= 15 is 0 Å². The second-order valence-corrected chi connectivity index (χ2v) is 3.05. The van der Waals surface area contributed by atoms with Gasteiger partial charge in [-0.15, -0.1) is 0 Å². The Balaban J connectivity index is -0.000000405. The summed E-state index contributed by atoms with van der Waals surface area (Å²) >= 11 is 0. The summed E-state index contributed by atoms with van der Waals surface area (Å²) in [5.41, 5.74) is 0. The molecule has 64 valence electrons. The average molecular weight is 168 g/mol. The van der Waals surface area contributed by atoms with E-state index in [1.54, 1.807) is 0 Å². The second-order valence-electron chi connectivity index (χ2n) is 3.05. The summed E-state index contributed by atoms with van der Waals surface area (Å²) in [4.78, 5) is 0. The van der Waals surface area contributed by atoms with E-state index in [2.05, 4.69) is 6.92 Å². The van der Waals surface area contributed by atoms with Crippen molar-refractivity contribution in [3.8, 4) is 0 Å². The van der Waals surface area contributed by atoms with Crippen LogP contribution in [0.3, 0.4) is 0 Å². The van der Waals surface area contributed by atoms with E-state index in [1.165, 1.54) is 32.1 Å². The molecule has 0 aliphatic rings.